The van der Waals surface area contributed by atoms with Crippen molar-refractivity contribution in [1.82, 2.24) is 5.32 Å². The van der Waals surface area contributed by atoms with Crippen molar-refractivity contribution in [2.45, 2.75) is 56.1 Å². The molecule has 41 heavy (non-hydrogen) atoms. The van der Waals surface area contributed by atoms with Crippen molar-refractivity contribution in [3.05, 3.63) is 89.3 Å². The molecular weight excluding hydrogens is 579 g/mol. The van der Waals surface area contributed by atoms with Crippen molar-refractivity contribution in [2.75, 3.05) is 0 Å². The van der Waals surface area contributed by atoms with E-state index in [9.17, 15) is 53.1 Å². The highest BCUT2D eigenvalue weighted by molar-refractivity contribution is 5.78. The Morgan fingerprint density at radius 2 is 1.54 bits per heavy atom. The summed E-state index contributed by atoms with van der Waals surface area (Å²) in [6.07, 6.45) is -15.2. The molecule has 0 spiro atoms. The fraction of sp³-hybridized carbons (Fsp3) is 0.370. The molecule has 0 bridgehead atoms. The zero-order chi connectivity index (χ0) is 30.6. The summed E-state index contributed by atoms with van der Waals surface area (Å²) in [5.74, 6) is -4.23. The topological polar surface area (TPSA) is 38.3 Å². The minimum absolute atomic E-state index is 0.175. The Morgan fingerprint density at radius 1 is 0.902 bits per heavy atom. The number of nitrogens with one attached hydrogen (secondary N) is 1. The quantitative estimate of drug-likeness (QED) is 0.278. The Morgan fingerprint density at radius 3 is 2.07 bits per heavy atom. The van der Waals surface area contributed by atoms with Crippen molar-refractivity contribution in [1.29, 1.82) is 0 Å². The molecule has 2 aromatic rings. The van der Waals surface area contributed by atoms with E-state index in [2.05, 4.69) is 10.1 Å². The standard InChI is InChI=1S/C27H22F11NO2/c28-20-12-19(13-21(14-20)41-27(37,38)23(29)30)24(15-16-4-2-1-3-5-16,39-22(40)10-11-25(31,32)33)17-6-8-18(9-7-17)26(34,35)36/h1-4,6-9,12-14,16,23H,5,10-11,15H2,(H,39,40)/t16?,24-/m1/s1. The molecule has 2 atom stereocenters. The molecule has 3 rings (SSSR count). The lowest BCUT2D eigenvalue weighted by atomic mass is 9.74. The number of hydrogen-bond acceptors (Lipinski definition) is 2. The van der Waals surface area contributed by atoms with Gasteiger partial charge in [-0.15, -0.1) is 0 Å². The number of rotatable bonds is 10. The van der Waals surface area contributed by atoms with E-state index in [1.807, 2.05) is 0 Å². The first kappa shape index (κ1) is 31.9. The maximum Gasteiger partial charge on any atom is 0.461 e. The molecule has 3 nitrogen and oxygen atoms in total. The molecule has 1 amide bonds. The second kappa shape index (κ2) is 12.1. The molecule has 1 aliphatic carbocycles. The summed E-state index contributed by atoms with van der Waals surface area (Å²) in [6.45, 7) is 0. The van der Waals surface area contributed by atoms with Crippen molar-refractivity contribution in [3.63, 3.8) is 0 Å². The van der Waals surface area contributed by atoms with Crippen molar-refractivity contribution in [3.8, 4) is 5.75 Å². The van der Waals surface area contributed by atoms with Gasteiger partial charge in [-0.2, -0.15) is 43.9 Å². The largest absolute Gasteiger partial charge is 0.461 e. The number of hydrogen-bond donors (Lipinski definition) is 1. The normalized spacial score (nSPS) is 17.4. The SMILES string of the molecule is O=C(CCC(F)(F)F)N[C@](CC1C=CC=CC1)(c1ccc(C(F)(F)F)cc1)c1cc(F)cc(OC(F)(F)C(F)F)c1. The molecular formula is C27H22F11NO2. The summed E-state index contributed by atoms with van der Waals surface area (Å²) in [6, 6.07) is 4.73. The first-order valence-electron chi connectivity index (χ1n) is 12.0. The van der Waals surface area contributed by atoms with Gasteiger partial charge in [-0.05, 0) is 54.2 Å². The van der Waals surface area contributed by atoms with Crippen LogP contribution in [0, 0.1) is 11.7 Å². The molecule has 224 valence electrons. The second-order valence-corrected chi connectivity index (χ2v) is 9.30. The lowest BCUT2D eigenvalue weighted by molar-refractivity contribution is -0.253. The van der Waals surface area contributed by atoms with Gasteiger partial charge in [0.25, 0.3) is 0 Å². The predicted molar refractivity (Wildman–Crippen MR) is 125 cm³/mol. The van der Waals surface area contributed by atoms with Crippen LogP contribution in [0.2, 0.25) is 0 Å². The average Bonchev–Trinajstić information content (AvgIpc) is 2.86. The van der Waals surface area contributed by atoms with E-state index in [-0.39, 0.29) is 18.4 Å². The van der Waals surface area contributed by atoms with Gasteiger partial charge in [0.2, 0.25) is 5.91 Å². The lowest BCUT2D eigenvalue weighted by Gasteiger charge is -2.39. The zero-order valence-electron chi connectivity index (χ0n) is 20.8. The molecule has 0 radical (unpaired) electrons. The number of ether oxygens (including phenoxy) is 1. The maximum atomic E-state index is 14.7. The minimum atomic E-state index is -5.07. The van der Waals surface area contributed by atoms with E-state index >= 15 is 0 Å². The Bertz CT molecular complexity index is 1270. The Balaban J connectivity index is 2.23. The predicted octanol–water partition coefficient (Wildman–Crippen LogP) is 8.31. The highest BCUT2D eigenvalue weighted by Gasteiger charge is 2.45. The highest BCUT2D eigenvalue weighted by atomic mass is 19.4. The van der Waals surface area contributed by atoms with Crippen LogP contribution in [0.1, 0.15) is 42.4 Å². The second-order valence-electron chi connectivity index (χ2n) is 9.30. The van der Waals surface area contributed by atoms with Gasteiger partial charge in [0.1, 0.15) is 11.6 Å². The number of alkyl halides is 10. The van der Waals surface area contributed by atoms with Crippen LogP contribution in [0.25, 0.3) is 0 Å². The minimum Gasteiger partial charge on any atom is -0.428 e. The molecule has 14 heteroatoms. The van der Waals surface area contributed by atoms with Gasteiger partial charge in [0, 0.05) is 12.5 Å². The molecule has 0 aromatic heterocycles. The maximum absolute atomic E-state index is 14.7. The molecule has 0 saturated heterocycles. The van der Waals surface area contributed by atoms with Crippen LogP contribution in [0.5, 0.6) is 5.75 Å². The van der Waals surface area contributed by atoms with Gasteiger partial charge in [-0.1, -0.05) is 36.4 Å². The molecule has 1 unspecified atom stereocenters. The van der Waals surface area contributed by atoms with Gasteiger partial charge in [0.05, 0.1) is 17.5 Å². The summed E-state index contributed by atoms with van der Waals surface area (Å²) in [4.78, 5) is 12.8. The van der Waals surface area contributed by atoms with Crippen LogP contribution in [-0.4, -0.2) is 24.6 Å². The average molecular weight is 601 g/mol. The number of carbonyl (C=O) groups is 1. The first-order valence-corrected chi connectivity index (χ1v) is 12.0. The lowest BCUT2D eigenvalue weighted by Crippen LogP contribution is -2.48. The molecule has 1 aliphatic rings. The van der Waals surface area contributed by atoms with E-state index in [0.29, 0.717) is 30.3 Å². The van der Waals surface area contributed by atoms with E-state index in [0.717, 1.165) is 12.1 Å². The Labute approximate surface area is 226 Å². The molecule has 0 fully saturated rings. The summed E-state index contributed by atoms with van der Waals surface area (Å²) < 4.78 is 150. The number of amides is 1. The van der Waals surface area contributed by atoms with Crippen LogP contribution in [-0.2, 0) is 16.5 Å². The molecule has 0 heterocycles. The smallest absolute Gasteiger partial charge is 0.428 e. The number of benzene rings is 2. The number of halogens is 11. The monoisotopic (exact) mass is 601 g/mol. The van der Waals surface area contributed by atoms with E-state index < -0.39 is 77.8 Å². The van der Waals surface area contributed by atoms with E-state index in [4.69, 9.17) is 0 Å². The number of allylic oxidation sites excluding steroid dienone is 4. The van der Waals surface area contributed by atoms with Gasteiger partial charge in [-0.3, -0.25) is 4.79 Å². The first-order chi connectivity index (χ1) is 18.9. The number of carbonyl (C=O) groups excluding carboxylic acids is 1. The fourth-order valence-corrected chi connectivity index (χ4v) is 4.34. The third kappa shape index (κ3) is 8.46. The highest BCUT2D eigenvalue weighted by Crippen LogP contribution is 2.42. The molecule has 0 saturated carbocycles. The fourth-order valence-electron chi connectivity index (χ4n) is 4.34. The molecule has 2 aromatic carbocycles. The van der Waals surface area contributed by atoms with Gasteiger partial charge >= 0.3 is 24.9 Å². The molecule has 1 N–H and O–H groups in total. The van der Waals surface area contributed by atoms with Crippen LogP contribution in [0.4, 0.5) is 48.3 Å². The van der Waals surface area contributed by atoms with Crippen LogP contribution >= 0.6 is 0 Å². The van der Waals surface area contributed by atoms with Crippen molar-refractivity contribution in [2.24, 2.45) is 5.92 Å². The van der Waals surface area contributed by atoms with Crippen molar-refractivity contribution < 1.29 is 57.8 Å². The zero-order valence-corrected chi connectivity index (χ0v) is 20.8. The van der Waals surface area contributed by atoms with Gasteiger partial charge < -0.3 is 10.1 Å². The Kier molecular flexibility index (Phi) is 9.44. The Hall–Kier alpha value is -3.58. The molecule has 0 aliphatic heterocycles. The van der Waals surface area contributed by atoms with Crippen molar-refractivity contribution >= 4 is 5.91 Å². The third-order valence-corrected chi connectivity index (χ3v) is 6.20. The summed E-state index contributed by atoms with van der Waals surface area (Å²) in [5.41, 5.74) is -3.86. The van der Waals surface area contributed by atoms with Crippen LogP contribution in [0.15, 0.2) is 66.8 Å². The van der Waals surface area contributed by atoms with Crippen LogP contribution in [0.3, 0.4) is 0 Å². The summed E-state index contributed by atoms with van der Waals surface area (Å²) in [7, 11) is 0. The van der Waals surface area contributed by atoms with Gasteiger partial charge in [-0.25, -0.2) is 4.39 Å². The van der Waals surface area contributed by atoms with E-state index in [1.165, 1.54) is 0 Å². The van der Waals surface area contributed by atoms with Gasteiger partial charge in [0.15, 0.2) is 0 Å². The summed E-state index contributed by atoms with van der Waals surface area (Å²) >= 11 is 0. The third-order valence-electron chi connectivity index (χ3n) is 6.20. The van der Waals surface area contributed by atoms with E-state index in [1.54, 1.807) is 24.3 Å². The van der Waals surface area contributed by atoms with Crippen LogP contribution < -0.4 is 10.1 Å². The summed E-state index contributed by atoms with van der Waals surface area (Å²) in [5, 5.41) is 2.35.